The molecule has 0 aliphatic heterocycles. The molecule has 1 fully saturated rings. The number of benzene rings is 1. The molecule has 0 heterocycles. The van der Waals surface area contributed by atoms with Gasteiger partial charge in [-0.25, -0.2) is 4.39 Å². The van der Waals surface area contributed by atoms with Crippen LogP contribution < -0.4 is 0 Å². The molecule has 1 aliphatic carbocycles. The maximum atomic E-state index is 14.0. The van der Waals surface area contributed by atoms with E-state index in [-0.39, 0.29) is 5.82 Å². The van der Waals surface area contributed by atoms with Crippen LogP contribution >= 0.6 is 0 Å². The summed E-state index contributed by atoms with van der Waals surface area (Å²) >= 11 is 0. The van der Waals surface area contributed by atoms with Crippen LogP contribution in [0.1, 0.15) is 54.7 Å². The minimum absolute atomic E-state index is 0.0434. The van der Waals surface area contributed by atoms with Crippen molar-refractivity contribution in [3.63, 3.8) is 0 Å². The highest BCUT2D eigenvalue weighted by atomic mass is 19.1. The van der Waals surface area contributed by atoms with E-state index in [9.17, 15) is 4.39 Å². The minimum Gasteiger partial charge on any atom is -0.206 e. The van der Waals surface area contributed by atoms with Crippen molar-refractivity contribution < 1.29 is 4.39 Å². The van der Waals surface area contributed by atoms with Crippen LogP contribution in [0, 0.1) is 19.7 Å². The smallest absolute Gasteiger partial charge is 0.129 e. The maximum Gasteiger partial charge on any atom is 0.129 e. The van der Waals surface area contributed by atoms with Crippen molar-refractivity contribution in [2.75, 3.05) is 0 Å². The second kappa shape index (κ2) is 4.34. The van der Waals surface area contributed by atoms with E-state index < -0.39 is 0 Å². The van der Waals surface area contributed by atoms with Crippen molar-refractivity contribution in [3.8, 4) is 0 Å². The average molecular weight is 206 g/mol. The summed E-state index contributed by atoms with van der Waals surface area (Å²) in [6, 6.07) is 3.94. The first-order valence-corrected chi connectivity index (χ1v) is 5.95. The Hall–Kier alpha value is -0.850. The fourth-order valence-electron chi connectivity index (χ4n) is 2.69. The first kappa shape index (κ1) is 10.7. The van der Waals surface area contributed by atoms with Gasteiger partial charge < -0.3 is 0 Å². The summed E-state index contributed by atoms with van der Waals surface area (Å²) in [7, 11) is 0. The van der Waals surface area contributed by atoms with Gasteiger partial charge in [-0.1, -0.05) is 31.4 Å². The first-order chi connectivity index (χ1) is 7.20. The molecule has 15 heavy (non-hydrogen) atoms. The van der Waals surface area contributed by atoms with Gasteiger partial charge >= 0.3 is 0 Å². The Kier molecular flexibility index (Phi) is 3.08. The van der Waals surface area contributed by atoms with E-state index in [4.69, 9.17) is 0 Å². The molecule has 0 unspecified atom stereocenters. The van der Waals surface area contributed by atoms with Crippen molar-refractivity contribution in [2.24, 2.45) is 0 Å². The molecule has 0 atom stereocenters. The summed E-state index contributed by atoms with van der Waals surface area (Å²) in [5.74, 6) is 0.514. The summed E-state index contributed by atoms with van der Waals surface area (Å²) in [4.78, 5) is 0. The van der Waals surface area contributed by atoms with Crippen LogP contribution in [0.4, 0.5) is 4.39 Å². The Morgan fingerprint density at radius 1 is 1.00 bits per heavy atom. The van der Waals surface area contributed by atoms with Gasteiger partial charge in [0.15, 0.2) is 0 Å². The maximum absolute atomic E-state index is 14.0. The van der Waals surface area contributed by atoms with Gasteiger partial charge in [0, 0.05) is 0 Å². The fourth-order valence-corrected chi connectivity index (χ4v) is 2.69. The molecule has 1 aromatic carbocycles. The highest BCUT2D eigenvalue weighted by molar-refractivity contribution is 5.35. The molecule has 1 saturated carbocycles. The molecule has 0 aromatic heterocycles. The highest BCUT2D eigenvalue weighted by Crippen LogP contribution is 2.36. The first-order valence-electron chi connectivity index (χ1n) is 5.95. The van der Waals surface area contributed by atoms with Crippen LogP contribution in [0.3, 0.4) is 0 Å². The van der Waals surface area contributed by atoms with Gasteiger partial charge in [-0.2, -0.15) is 0 Å². The Bertz CT molecular complexity index is 349. The van der Waals surface area contributed by atoms with E-state index in [0.717, 1.165) is 16.7 Å². The molecule has 0 nitrogen and oxygen atoms in total. The summed E-state index contributed by atoms with van der Waals surface area (Å²) in [5, 5.41) is 0. The van der Waals surface area contributed by atoms with E-state index >= 15 is 0 Å². The van der Waals surface area contributed by atoms with Crippen molar-refractivity contribution in [2.45, 2.75) is 51.9 Å². The Balaban J connectivity index is 2.36. The standard InChI is InChI=1S/C14H19F/c1-10-8-9-11(2)14(15)13(10)12-6-4-3-5-7-12/h8-9,12H,3-7H2,1-2H3. The van der Waals surface area contributed by atoms with Crippen LogP contribution in [0.15, 0.2) is 12.1 Å². The number of hydrogen-bond acceptors (Lipinski definition) is 0. The van der Waals surface area contributed by atoms with Gasteiger partial charge in [-0.15, -0.1) is 0 Å². The third-order valence-electron chi connectivity index (χ3n) is 3.60. The lowest BCUT2D eigenvalue weighted by Crippen LogP contribution is -2.09. The lowest BCUT2D eigenvalue weighted by Gasteiger charge is -2.24. The van der Waals surface area contributed by atoms with Gasteiger partial charge in [0.1, 0.15) is 5.82 Å². The number of aryl methyl sites for hydroxylation is 2. The van der Waals surface area contributed by atoms with Crippen LogP contribution in [-0.4, -0.2) is 0 Å². The molecule has 0 N–H and O–H groups in total. The van der Waals surface area contributed by atoms with Gasteiger partial charge in [-0.05, 0) is 49.3 Å². The van der Waals surface area contributed by atoms with Crippen LogP contribution in [0.25, 0.3) is 0 Å². The zero-order chi connectivity index (χ0) is 10.8. The molecule has 0 bridgehead atoms. The fraction of sp³-hybridized carbons (Fsp3) is 0.571. The van der Waals surface area contributed by atoms with Gasteiger partial charge in [-0.3, -0.25) is 0 Å². The third kappa shape index (κ3) is 2.06. The minimum atomic E-state index is 0.0434. The van der Waals surface area contributed by atoms with Gasteiger partial charge in [0.2, 0.25) is 0 Å². The molecule has 0 amide bonds. The SMILES string of the molecule is Cc1ccc(C)c(C2CCCCC2)c1F. The lowest BCUT2D eigenvalue weighted by molar-refractivity contribution is 0.427. The molecular weight excluding hydrogens is 187 g/mol. The zero-order valence-electron chi connectivity index (χ0n) is 9.65. The monoisotopic (exact) mass is 206 g/mol. The summed E-state index contributed by atoms with van der Waals surface area (Å²) in [6.45, 7) is 3.90. The quantitative estimate of drug-likeness (QED) is 0.635. The molecular formula is C14H19F. The van der Waals surface area contributed by atoms with E-state index in [0.29, 0.717) is 5.92 Å². The molecule has 1 heteroatoms. The lowest BCUT2D eigenvalue weighted by atomic mass is 9.81. The van der Waals surface area contributed by atoms with E-state index in [1.807, 2.05) is 19.9 Å². The Morgan fingerprint density at radius 3 is 2.27 bits per heavy atom. The predicted molar refractivity (Wildman–Crippen MR) is 61.7 cm³/mol. The number of rotatable bonds is 1. The van der Waals surface area contributed by atoms with E-state index in [1.54, 1.807) is 0 Å². The zero-order valence-corrected chi connectivity index (χ0v) is 9.65. The average Bonchev–Trinajstić information content (AvgIpc) is 2.26. The van der Waals surface area contributed by atoms with Crippen molar-refractivity contribution in [1.82, 2.24) is 0 Å². The Morgan fingerprint density at radius 2 is 1.60 bits per heavy atom. The molecule has 1 aromatic rings. The van der Waals surface area contributed by atoms with Crippen molar-refractivity contribution >= 4 is 0 Å². The second-order valence-corrected chi connectivity index (χ2v) is 4.76. The molecule has 2 rings (SSSR count). The third-order valence-corrected chi connectivity index (χ3v) is 3.60. The molecule has 0 spiro atoms. The highest BCUT2D eigenvalue weighted by Gasteiger charge is 2.21. The molecule has 82 valence electrons. The molecule has 1 aliphatic rings. The predicted octanol–water partition coefficient (Wildman–Crippen LogP) is 4.49. The largest absolute Gasteiger partial charge is 0.206 e. The summed E-state index contributed by atoms with van der Waals surface area (Å²) in [6.07, 6.45) is 6.18. The number of halogens is 1. The van der Waals surface area contributed by atoms with Crippen LogP contribution in [-0.2, 0) is 0 Å². The summed E-state index contributed by atoms with van der Waals surface area (Å²) < 4.78 is 14.0. The van der Waals surface area contributed by atoms with Crippen molar-refractivity contribution in [1.29, 1.82) is 0 Å². The van der Waals surface area contributed by atoms with E-state index in [1.165, 1.54) is 32.1 Å². The molecule has 0 saturated heterocycles. The topological polar surface area (TPSA) is 0 Å². The number of hydrogen-bond donors (Lipinski definition) is 0. The van der Waals surface area contributed by atoms with Crippen LogP contribution in [0.2, 0.25) is 0 Å². The second-order valence-electron chi connectivity index (χ2n) is 4.76. The normalized spacial score (nSPS) is 18.1. The van der Waals surface area contributed by atoms with Gasteiger partial charge in [0.25, 0.3) is 0 Å². The van der Waals surface area contributed by atoms with Gasteiger partial charge in [0.05, 0.1) is 0 Å². The summed E-state index contributed by atoms with van der Waals surface area (Å²) in [5.41, 5.74) is 2.92. The van der Waals surface area contributed by atoms with E-state index in [2.05, 4.69) is 6.07 Å². The van der Waals surface area contributed by atoms with Crippen molar-refractivity contribution in [3.05, 3.63) is 34.6 Å². The molecule has 0 radical (unpaired) electrons. The van der Waals surface area contributed by atoms with Crippen LogP contribution in [0.5, 0.6) is 0 Å². The Labute approximate surface area is 91.5 Å².